The van der Waals surface area contributed by atoms with Gasteiger partial charge in [0.05, 0.1) is 11.5 Å². The Morgan fingerprint density at radius 1 is 0.655 bits per heavy atom. The van der Waals surface area contributed by atoms with Crippen molar-refractivity contribution in [3.05, 3.63) is 0 Å². The lowest BCUT2D eigenvalue weighted by Gasteiger charge is -2.22. The molecular weight excluding hydrogens is 360 g/mol. The van der Waals surface area contributed by atoms with Crippen molar-refractivity contribution in [3.8, 4) is 0 Å². The van der Waals surface area contributed by atoms with Crippen molar-refractivity contribution in [3.63, 3.8) is 0 Å². The number of carboxylic acid groups (broad SMARTS) is 1. The first-order valence-corrected chi connectivity index (χ1v) is 12.8. The highest BCUT2D eigenvalue weighted by Crippen LogP contribution is 2.25. The van der Waals surface area contributed by atoms with E-state index in [2.05, 4.69) is 6.92 Å². The minimum absolute atomic E-state index is 0.349. The Bertz CT molecular complexity index is 365. The topological polar surface area (TPSA) is 57.5 Å². The summed E-state index contributed by atoms with van der Waals surface area (Å²) in [5, 5.41) is 19.1. The Morgan fingerprint density at radius 2 is 0.966 bits per heavy atom. The molecule has 0 aromatic carbocycles. The molecule has 0 aliphatic heterocycles. The third-order valence-electron chi connectivity index (χ3n) is 6.22. The van der Waals surface area contributed by atoms with Crippen LogP contribution < -0.4 is 0 Å². The van der Waals surface area contributed by atoms with E-state index in [0.717, 1.165) is 19.3 Å². The Labute approximate surface area is 182 Å². The molecule has 0 saturated carbocycles. The predicted molar refractivity (Wildman–Crippen MR) is 125 cm³/mol. The lowest BCUT2D eigenvalue weighted by atomic mass is 9.85. The van der Waals surface area contributed by atoms with Crippen LogP contribution in [-0.2, 0) is 4.79 Å². The average molecular weight is 413 g/mol. The third-order valence-corrected chi connectivity index (χ3v) is 6.22. The summed E-state index contributed by atoms with van der Waals surface area (Å²) in [6.45, 7) is 5.66. The molecule has 0 aromatic rings. The summed E-state index contributed by atoms with van der Waals surface area (Å²) in [5.41, 5.74) is -0.826. The highest BCUT2D eigenvalue weighted by atomic mass is 16.4. The van der Waals surface area contributed by atoms with Crippen LogP contribution in [0, 0.1) is 5.41 Å². The summed E-state index contributed by atoms with van der Waals surface area (Å²) in [4.78, 5) is 11.1. The number of carboxylic acids is 1. The molecule has 0 heterocycles. The molecule has 0 fully saturated rings. The fourth-order valence-corrected chi connectivity index (χ4v) is 4.06. The van der Waals surface area contributed by atoms with Crippen LogP contribution in [-0.4, -0.2) is 22.3 Å². The van der Waals surface area contributed by atoms with Crippen LogP contribution in [0.4, 0.5) is 0 Å². The van der Waals surface area contributed by atoms with Gasteiger partial charge in [-0.25, -0.2) is 0 Å². The largest absolute Gasteiger partial charge is 0.481 e. The lowest BCUT2D eigenvalue weighted by molar-refractivity contribution is -0.148. The second kappa shape index (κ2) is 19.4. The number of carbonyl (C=O) groups is 1. The Hall–Kier alpha value is -0.570. The van der Waals surface area contributed by atoms with E-state index >= 15 is 0 Å². The summed E-state index contributed by atoms with van der Waals surface area (Å²) in [7, 11) is 0. The van der Waals surface area contributed by atoms with E-state index in [4.69, 9.17) is 5.11 Å². The normalized spacial score (nSPS) is 13.0. The number of rotatable bonds is 22. The molecular formula is C26H52O3. The van der Waals surface area contributed by atoms with Gasteiger partial charge in [0.15, 0.2) is 0 Å². The molecule has 0 rings (SSSR count). The van der Waals surface area contributed by atoms with E-state index in [1.54, 1.807) is 13.8 Å². The van der Waals surface area contributed by atoms with E-state index in [0.29, 0.717) is 6.42 Å². The molecule has 174 valence electrons. The Morgan fingerprint density at radius 3 is 1.28 bits per heavy atom. The summed E-state index contributed by atoms with van der Waals surface area (Å²) in [6.07, 6.45) is 25.0. The van der Waals surface area contributed by atoms with Crippen LogP contribution in [0.25, 0.3) is 0 Å². The van der Waals surface area contributed by atoms with Crippen LogP contribution in [0.3, 0.4) is 0 Å². The molecule has 1 unspecified atom stereocenters. The highest BCUT2D eigenvalue weighted by molar-refractivity contribution is 5.73. The minimum Gasteiger partial charge on any atom is -0.481 e. The van der Waals surface area contributed by atoms with Crippen molar-refractivity contribution in [2.24, 2.45) is 5.41 Å². The fraction of sp³-hybridized carbons (Fsp3) is 0.962. The minimum atomic E-state index is -0.826. The van der Waals surface area contributed by atoms with Gasteiger partial charge in [0.1, 0.15) is 0 Å². The molecule has 3 nitrogen and oxygen atoms in total. The molecule has 0 aromatic heterocycles. The summed E-state index contributed by atoms with van der Waals surface area (Å²) >= 11 is 0. The van der Waals surface area contributed by atoms with Gasteiger partial charge in [-0.1, -0.05) is 122 Å². The van der Waals surface area contributed by atoms with Gasteiger partial charge in [0, 0.05) is 0 Å². The third kappa shape index (κ3) is 19.2. The SMILES string of the molecule is CCCCCCCCCCCCCCCCCCCCC(O)CC(C)(C)C(=O)O. The number of unbranched alkanes of at least 4 members (excludes halogenated alkanes) is 17. The molecule has 0 aliphatic rings. The summed E-state index contributed by atoms with van der Waals surface area (Å²) < 4.78 is 0. The first-order valence-electron chi connectivity index (χ1n) is 12.8. The van der Waals surface area contributed by atoms with Gasteiger partial charge in [-0.15, -0.1) is 0 Å². The van der Waals surface area contributed by atoms with E-state index in [9.17, 15) is 9.90 Å². The van der Waals surface area contributed by atoms with Gasteiger partial charge < -0.3 is 10.2 Å². The molecule has 0 bridgehead atoms. The number of aliphatic carboxylic acids is 1. The van der Waals surface area contributed by atoms with Crippen LogP contribution in [0.1, 0.15) is 149 Å². The van der Waals surface area contributed by atoms with Crippen molar-refractivity contribution in [2.75, 3.05) is 0 Å². The number of hydrogen-bond acceptors (Lipinski definition) is 2. The average Bonchev–Trinajstić information content (AvgIpc) is 2.66. The molecule has 29 heavy (non-hydrogen) atoms. The molecule has 0 spiro atoms. The van der Waals surface area contributed by atoms with Crippen LogP contribution in [0.2, 0.25) is 0 Å². The zero-order valence-electron chi connectivity index (χ0n) is 20.0. The molecule has 0 radical (unpaired) electrons. The maximum Gasteiger partial charge on any atom is 0.309 e. The zero-order chi connectivity index (χ0) is 21.8. The second-order valence-corrected chi connectivity index (χ2v) is 9.85. The molecule has 0 saturated heterocycles. The predicted octanol–water partition coefficient (Wildman–Crippen LogP) is 8.28. The van der Waals surface area contributed by atoms with Crippen molar-refractivity contribution in [2.45, 2.75) is 155 Å². The first kappa shape index (κ1) is 28.4. The van der Waals surface area contributed by atoms with Crippen molar-refractivity contribution in [1.29, 1.82) is 0 Å². The zero-order valence-corrected chi connectivity index (χ0v) is 20.0. The molecule has 0 amide bonds. The first-order chi connectivity index (χ1) is 13.9. The quantitative estimate of drug-likeness (QED) is 0.176. The number of aliphatic hydroxyl groups is 1. The van der Waals surface area contributed by atoms with Crippen LogP contribution in [0.5, 0.6) is 0 Å². The molecule has 0 aliphatic carbocycles. The van der Waals surface area contributed by atoms with Crippen LogP contribution >= 0.6 is 0 Å². The maximum absolute atomic E-state index is 11.1. The molecule has 3 heteroatoms. The van der Waals surface area contributed by atoms with Gasteiger partial charge >= 0.3 is 5.97 Å². The van der Waals surface area contributed by atoms with Gasteiger partial charge in [-0.2, -0.15) is 0 Å². The Balaban J connectivity index is 3.23. The number of aliphatic hydroxyl groups excluding tert-OH is 1. The van der Waals surface area contributed by atoms with E-state index in [1.807, 2.05) is 0 Å². The molecule has 2 N–H and O–H groups in total. The van der Waals surface area contributed by atoms with Crippen molar-refractivity contribution >= 4 is 5.97 Å². The summed E-state index contributed by atoms with van der Waals surface area (Å²) in [6, 6.07) is 0. The van der Waals surface area contributed by atoms with Gasteiger partial charge in [0.25, 0.3) is 0 Å². The highest BCUT2D eigenvalue weighted by Gasteiger charge is 2.29. The standard InChI is InChI=1S/C26H52O3/c1-4-5-6-7-8-9-10-11-12-13-14-15-16-17-18-19-20-21-22-24(27)23-26(2,3)25(28)29/h24,27H,4-23H2,1-3H3,(H,28,29). The lowest BCUT2D eigenvalue weighted by Crippen LogP contribution is -2.28. The van der Waals surface area contributed by atoms with Crippen molar-refractivity contribution < 1.29 is 15.0 Å². The van der Waals surface area contributed by atoms with Crippen LogP contribution in [0.15, 0.2) is 0 Å². The smallest absolute Gasteiger partial charge is 0.309 e. The number of hydrogen-bond donors (Lipinski definition) is 2. The van der Waals surface area contributed by atoms with Gasteiger partial charge in [-0.3, -0.25) is 4.79 Å². The van der Waals surface area contributed by atoms with E-state index < -0.39 is 17.5 Å². The van der Waals surface area contributed by atoms with Crippen molar-refractivity contribution in [1.82, 2.24) is 0 Å². The summed E-state index contributed by atoms with van der Waals surface area (Å²) in [5.74, 6) is -0.825. The van der Waals surface area contributed by atoms with Gasteiger partial charge in [-0.05, 0) is 26.7 Å². The van der Waals surface area contributed by atoms with Gasteiger partial charge in [0.2, 0.25) is 0 Å². The molecule has 1 atom stereocenters. The monoisotopic (exact) mass is 412 g/mol. The second-order valence-electron chi connectivity index (χ2n) is 9.85. The maximum atomic E-state index is 11.1. The fourth-order valence-electron chi connectivity index (χ4n) is 4.06. The van der Waals surface area contributed by atoms with E-state index in [1.165, 1.54) is 103 Å². The van der Waals surface area contributed by atoms with E-state index in [-0.39, 0.29) is 0 Å². The Kier molecular flexibility index (Phi) is 19.0.